The summed E-state index contributed by atoms with van der Waals surface area (Å²) in [6.45, 7) is 5.28. The van der Waals surface area contributed by atoms with Crippen molar-refractivity contribution in [2.24, 2.45) is 11.7 Å². The first-order valence-electron chi connectivity index (χ1n) is 6.86. The molecule has 1 unspecified atom stereocenters. The minimum Gasteiger partial charge on any atom is -0.329 e. The fourth-order valence-electron chi connectivity index (χ4n) is 2.50. The van der Waals surface area contributed by atoms with Crippen LogP contribution in [-0.2, 0) is 4.79 Å². The number of likely N-dealkylation sites (tertiary alicyclic amines) is 1. The molecule has 6 heteroatoms. The number of carbonyl (C=O) groups excluding carboxylic acids is 1. The van der Waals surface area contributed by atoms with E-state index in [-0.39, 0.29) is 24.2 Å². The molecule has 0 bridgehead atoms. The van der Waals surface area contributed by atoms with E-state index in [1.165, 1.54) is 0 Å². The average Bonchev–Trinajstić information content (AvgIpc) is 2.39. The van der Waals surface area contributed by atoms with Crippen LogP contribution >= 0.6 is 12.4 Å². The zero-order chi connectivity index (χ0) is 13.7. The third-order valence-corrected chi connectivity index (χ3v) is 3.46. The van der Waals surface area contributed by atoms with E-state index in [9.17, 15) is 4.79 Å². The molecular formula is C14H23ClN4O. The smallest absolute Gasteiger partial charge is 0.229 e. The number of aryl methyl sites for hydroxylation is 1. The molecule has 112 valence electrons. The number of hydrogen-bond donors (Lipinski definition) is 2. The Morgan fingerprint density at radius 3 is 3.05 bits per heavy atom. The summed E-state index contributed by atoms with van der Waals surface area (Å²) in [5.74, 6) is 0.753. The number of anilines is 1. The monoisotopic (exact) mass is 298 g/mol. The largest absolute Gasteiger partial charge is 0.329 e. The Kier molecular flexibility index (Phi) is 6.91. The van der Waals surface area contributed by atoms with Crippen molar-refractivity contribution in [3.05, 3.63) is 23.9 Å². The van der Waals surface area contributed by atoms with Crippen molar-refractivity contribution >= 4 is 24.1 Å². The third kappa shape index (κ3) is 4.74. The highest BCUT2D eigenvalue weighted by Gasteiger charge is 2.25. The molecule has 1 aliphatic rings. The second-order valence-electron chi connectivity index (χ2n) is 5.08. The summed E-state index contributed by atoms with van der Waals surface area (Å²) in [7, 11) is 0. The van der Waals surface area contributed by atoms with Crippen molar-refractivity contribution < 1.29 is 4.79 Å². The summed E-state index contributed by atoms with van der Waals surface area (Å²) in [6, 6.07) is 5.64. The van der Waals surface area contributed by atoms with Crippen LogP contribution in [0.5, 0.6) is 0 Å². The zero-order valence-corrected chi connectivity index (χ0v) is 12.7. The number of piperidine rings is 1. The highest BCUT2D eigenvalue weighted by atomic mass is 35.5. The molecule has 2 heterocycles. The lowest BCUT2D eigenvalue weighted by atomic mass is 9.97. The molecule has 0 radical (unpaired) electrons. The van der Waals surface area contributed by atoms with Gasteiger partial charge in [0.1, 0.15) is 5.82 Å². The van der Waals surface area contributed by atoms with E-state index in [1.54, 1.807) is 0 Å². The first-order chi connectivity index (χ1) is 9.19. The lowest BCUT2D eigenvalue weighted by Gasteiger charge is -2.31. The fourth-order valence-corrected chi connectivity index (χ4v) is 2.50. The van der Waals surface area contributed by atoms with Gasteiger partial charge in [-0.2, -0.15) is 0 Å². The summed E-state index contributed by atoms with van der Waals surface area (Å²) >= 11 is 0. The molecule has 1 aliphatic heterocycles. The Morgan fingerprint density at radius 2 is 2.35 bits per heavy atom. The Hall–Kier alpha value is -1.17. The Labute approximate surface area is 126 Å². The fraction of sp³-hybridized carbons (Fsp3) is 0.571. The molecule has 3 N–H and O–H groups in total. The van der Waals surface area contributed by atoms with Gasteiger partial charge in [-0.1, -0.05) is 6.07 Å². The lowest BCUT2D eigenvalue weighted by molar-refractivity contribution is -0.121. The number of nitrogens with two attached hydrogens (primary N) is 1. The number of pyridine rings is 1. The van der Waals surface area contributed by atoms with E-state index in [0.29, 0.717) is 12.4 Å². The molecule has 1 saturated heterocycles. The Morgan fingerprint density at radius 1 is 1.55 bits per heavy atom. The summed E-state index contributed by atoms with van der Waals surface area (Å²) in [4.78, 5) is 18.8. The summed E-state index contributed by atoms with van der Waals surface area (Å²) in [5.41, 5.74) is 6.48. The van der Waals surface area contributed by atoms with Gasteiger partial charge in [0.05, 0.1) is 5.92 Å². The van der Waals surface area contributed by atoms with Gasteiger partial charge in [0.25, 0.3) is 0 Å². The standard InChI is InChI=1S/C14H22N4O.ClH/c1-11-4-2-6-13(16-11)17-14(19)12-5-3-8-18(10-12)9-7-15;/h2,4,6,12H,3,5,7-10,15H2,1H3,(H,16,17,19);1H. The van der Waals surface area contributed by atoms with Crippen LogP contribution in [0.25, 0.3) is 0 Å². The van der Waals surface area contributed by atoms with Crippen molar-refractivity contribution in [2.45, 2.75) is 19.8 Å². The maximum Gasteiger partial charge on any atom is 0.229 e. The minimum absolute atomic E-state index is 0. The van der Waals surface area contributed by atoms with Crippen LogP contribution in [0.15, 0.2) is 18.2 Å². The second kappa shape index (κ2) is 8.19. The number of amides is 1. The third-order valence-electron chi connectivity index (χ3n) is 3.46. The van der Waals surface area contributed by atoms with Crippen LogP contribution < -0.4 is 11.1 Å². The van der Waals surface area contributed by atoms with Crippen LogP contribution in [0.1, 0.15) is 18.5 Å². The maximum absolute atomic E-state index is 12.2. The quantitative estimate of drug-likeness (QED) is 0.882. The first-order valence-corrected chi connectivity index (χ1v) is 6.86. The van der Waals surface area contributed by atoms with E-state index in [1.807, 2.05) is 25.1 Å². The maximum atomic E-state index is 12.2. The van der Waals surface area contributed by atoms with Gasteiger partial charge in [-0.3, -0.25) is 4.79 Å². The Bertz CT molecular complexity index is 439. The van der Waals surface area contributed by atoms with Gasteiger partial charge < -0.3 is 16.0 Å². The summed E-state index contributed by atoms with van der Waals surface area (Å²) in [6.07, 6.45) is 2.00. The first kappa shape index (κ1) is 16.9. The predicted octanol–water partition coefficient (Wildman–Crippen LogP) is 1.42. The number of hydrogen-bond acceptors (Lipinski definition) is 4. The molecule has 0 aliphatic carbocycles. The average molecular weight is 299 g/mol. The summed E-state index contributed by atoms with van der Waals surface area (Å²) in [5, 5.41) is 2.91. The van der Waals surface area contributed by atoms with Crippen LogP contribution in [-0.4, -0.2) is 42.0 Å². The van der Waals surface area contributed by atoms with E-state index in [0.717, 1.165) is 38.2 Å². The number of aromatic nitrogens is 1. The minimum atomic E-state index is 0. The van der Waals surface area contributed by atoms with E-state index < -0.39 is 0 Å². The summed E-state index contributed by atoms with van der Waals surface area (Å²) < 4.78 is 0. The van der Waals surface area contributed by atoms with Gasteiger partial charge in [0.15, 0.2) is 0 Å². The van der Waals surface area contributed by atoms with Crippen molar-refractivity contribution in [3.8, 4) is 0 Å². The van der Waals surface area contributed by atoms with Gasteiger partial charge >= 0.3 is 0 Å². The van der Waals surface area contributed by atoms with Gasteiger partial charge in [0.2, 0.25) is 5.91 Å². The highest BCUT2D eigenvalue weighted by Crippen LogP contribution is 2.18. The second-order valence-corrected chi connectivity index (χ2v) is 5.08. The molecular weight excluding hydrogens is 276 g/mol. The molecule has 0 aromatic carbocycles. The molecule has 1 aromatic rings. The topological polar surface area (TPSA) is 71.2 Å². The lowest BCUT2D eigenvalue weighted by Crippen LogP contribution is -2.42. The van der Waals surface area contributed by atoms with Crippen molar-refractivity contribution in [3.63, 3.8) is 0 Å². The number of nitrogens with one attached hydrogen (secondary N) is 1. The molecule has 1 aromatic heterocycles. The van der Waals surface area contributed by atoms with Gasteiger partial charge in [-0.15, -0.1) is 12.4 Å². The number of rotatable bonds is 4. The number of carbonyl (C=O) groups is 1. The number of halogens is 1. The molecule has 0 saturated carbocycles. The van der Waals surface area contributed by atoms with Crippen LogP contribution in [0, 0.1) is 12.8 Å². The van der Waals surface area contributed by atoms with Crippen LogP contribution in [0.2, 0.25) is 0 Å². The molecule has 1 atom stereocenters. The Balaban J connectivity index is 0.00000200. The molecule has 5 nitrogen and oxygen atoms in total. The van der Waals surface area contributed by atoms with E-state index >= 15 is 0 Å². The SMILES string of the molecule is Cc1cccc(NC(=O)C2CCCN(CCN)C2)n1.Cl. The van der Waals surface area contributed by atoms with E-state index in [2.05, 4.69) is 15.2 Å². The normalized spacial score (nSPS) is 19.2. The molecule has 0 spiro atoms. The van der Waals surface area contributed by atoms with Gasteiger partial charge in [-0.25, -0.2) is 4.98 Å². The highest BCUT2D eigenvalue weighted by molar-refractivity contribution is 5.91. The van der Waals surface area contributed by atoms with Crippen LogP contribution in [0.4, 0.5) is 5.82 Å². The predicted molar refractivity (Wildman–Crippen MR) is 83.1 cm³/mol. The number of nitrogens with zero attached hydrogens (tertiary/aromatic N) is 2. The molecule has 2 rings (SSSR count). The zero-order valence-electron chi connectivity index (χ0n) is 11.8. The van der Waals surface area contributed by atoms with Gasteiger partial charge in [-0.05, 0) is 38.4 Å². The molecule has 20 heavy (non-hydrogen) atoms. The van der Waals surface area contributed by atoms with Crippen molar-refractivity contribution in [1.29, 1.82) is 0 Å². The van der Waals surface area contributed by atoms with Crippen LogP contribution in [0.3, 0.4) is 0 Å². The molecule has 1 fully saturated rings. The van der Waals surface area contributed by atoms with Gasteiger partial charge in [0, 0.05) is 25.3 Å². The van der Waals surface area contributed by atoms with Crippen molar-refractivity contribution in [1.82, 2.24) is 9.88 Å². The van der Waals surface area contributed by atoms with Crippen molar-refractivity contribution in [2.75, 3.05) is 31.5 Å². The molecule has 1 amide bonds. The van der Waals surface area contributed by atoms with E-state index in [4.69, 9.17) is 5.73 Å².